The van der Waals surface area contributed by atoms with Crippen LogP contribution >= 0.6 is 0 Å². The number of rotatable bonds is 7. The molecule has 2 unspecified atom stereocenters. The lowest BCUT2D eigenvalue weighted by molar-refractivity contribution is -0.138. The molecule has 1 aliphatic rings. The Kier molecular flexibility index (Phi) is 5.81. The number of methoxy groups -OCH3 is 2. The van der Waals surface area contributed by atoms with Crippen molar-refractivity contribution in [2.75, 3.05) is 27.4 Å². The highest BCUT2D eigenvalue weighted by atomic mass is 16.5. The van der Waals surface area contributed by atoms with Crippen LogP contribution in [0.1, 0.15) is 24.4 Å². The van der Waals surface area contributed by atoms with E-state index in [1.165, 1.54) is 14.2 Å². The highest BCUT2D eigenvalue weighted by Gasteiger charge is 2.28. The molecule has 0 aromatic heterocycles. The summed E-state index contributed by atoms with van der Waals surface area (Å²) in [6.45, 7) is 0.916. The van der Waals surface area contributed by atoms with Crippen molar-refractivity contribution in [1.82, 2.24) is 5.32 Å². The van der Waals surface area contributed by atoms with Crippen molar-refractivity contribution in [1.29, 1.82) is 0 Å². The van der Waals surface area contributed by atoms with E-state index >= 15 is 0 Å². The zero-order chi connectivity index (χ0) is 16.8. The lowest BCUT2D eigenvalue weighted by atomic mass is 10.0. The number of carbonyl (C=O) groups is 2. The van der Waals surface area contributed by atoms with Crippen LogP contribution in [0.25, 0.3) is 0 Å². The molecule has 7 nitrogen and oxygen atoms in total. The van der Waals surface area contributed by atoms with Crippen molar-refractivity contribution in [2.45, 2.75) is 18.9 Å². The van der Waals surface area contributed by atoms with Crippen LogP contribution in [0.2, 0.25) is 0 Å². The molecular formula is C16H21NO6. The van der Waals surface area contributed by atoms with Crippen LogP contribution in [0.4, 0.5) is 0 Å². The van der Waals surface area contributed by atoms with Crippen LogP contribution in [-0.2, 0) is 14.3 Å². The molecule has 0 aliphatic carbocycles. The van der Waals surface area contributed by atoms with E-state index in [0.29, 0.717) is 36.7 Å². The summed E-state index contributed by atoms with van der Waals surface area (Å²) >= 11 is 0. The van der Waals surface area contributed by atoms with Crippen molar-refractivity contribution in [2.24, 2.45) is 5.92 Å². The molecule has 1 heterocycles. The second-order valence-corrected chi connectivity index (χ2v) is 5.33. The number of carbonyl (C=O) groups excluding carboxylic acids is 1. The highest BCUT2D eigenvalue weighted by Crippen LogP contribution is 2.31. The highest BCUT2D eigenvalue weighted by molar-refractivity contribution is 5.80. The van der Waals surface area contributed by atoms with Gasteiger partial charge in [-0.2, -0.15) is 0 Å². The topological polar surface area (TPSA) is 94.1 Å². The average molecular weight is 323 g/mol. The van der Waals surface area contributed by atoms with Gasteiger partial charge in [-0.15, -0.1) is 0 Å². The molecule has 7 heteroatoms. The third-order valence-electron chi connectivity index (χ3n) is 3.81. The molecular weight excluding hydrogens is 302 g/mol. The van der Waals surface area contributed by atoms with Gasteiger partial charge in [-0.25, -0.2) is 0 Å². The molecule has 1 amide bonds. The summed E-state index contributed by atoms with van der Waals surface area (Å²) in [6.07, 6.45) is 0.410. The van der Waals surface area contributed by atoms with Crippen LogP contribution in [0.5, 0.6) is 11.5 Å². The normalized spacial score (nSPS) is 18.3. The number of amides is 1. The first kappa shape index (κ1) is 17.1. The first-order chi connectivity index (χ1) is 11.0. The molecule has 23 heavy (non-hydrogen) atoms. The number of nitrogens with one attached hydrogen (secondary N) is 1. The third-order valence-corrected chi connectivity index (χ3v) is 3.81. The quantitative estimate of drug-likeness (QED) is 0.787. The number of carboxylic acids is 1. The van der Waals surface area contributed by atoms with Gasteiger partial charge in [0, 0.05) is 18.2 Å². The maximum atomic E-state index is 12.3. The summed E-state index contributed by atoms with van der Waals surface area (Å²) < 4.78 is 15.6. The van der Waals surface area contributed by atoms with E-state index in [2.05, 4.69) is 5.32 Å². The van der Waals surface area contributed by atoms with Gasteiger partial charge in [-0.3, -0.25) is 9.59 Å². The molecule has 126 valence electrons. The minimum absolute atomic E-state index is 0.202. The average Bonchev–Trinajstić information content (AvgIpc) is 3.07. The predicted molar refractivity (Wildman–Crippen MR) is 81.6 cm³/mol. The molecule has 1 aromatic rings. The third kappa shape index (κ3) is 4.35. The largest absolute Gasteiger partial charge is 0.497 e. The Morgan fingerprint density at radius 3 is 2.74 bits per heavy atom. The van der Waals surface area contributed by atoms with Crippen LogP contribution in [0, 0.1) is 5.92 Å². The second-order valence-electron chi connectivity index (χ2n) is 5.33. The van der Waals surface area contributed by atoms with E-state index in [1.54, 1.807) is 18.2 Å². The minimum Gasteiger partial charge on any atom is -0.497 e. The van der Waals surface area contributed by atoms with Gasteiger partial charge in [0.25, 0.3) is 0 Å². The molecule has 1 fully saturated rings. The first-order valence-corrected chi connectivity index (χ1v) is 7.37. The van der Waals surface area contributed by atoms with Crippen molar-refractivity contribution in [3.8, 4) is 11.5 Å². The monoisotopic (exact) mass is 323 g/mol. The summed E-state index contributed by atoms with van der Waals surface area (Å²) in [5.74, 6) is -0.383. The Labute approximate surface area is 134 Å². The molecule has 1 aromatic carbocycles. The van der Waals surface area contributed by atoms with E-state index in [1.807, 2.05) is 0 Å². The molecule has 0 radical (unpaired) electrons. The summed E-state index contributed by atoms with van der Waals surface area (Å²) in [5, 5.41) is 11.9. The van der Waals surface area contributed by atoms with Crippen LogP contribution in [0.15, 0.2) is 18.2 Å². The zero-order valence-electron chi connectivity index (χ0n) is 13.2. The molecule has 0 saturated carbocycles. The van der Waals surface area contributed by atoms with Gasteiger partial charge >= 0.3 is 5.97 Å². The van der Waals surface area contributed by atoms with Crippen LogP contribution < -0.4 is 14.8 Å². The van der Waals surface area contributed by atoms with Gasteiger partial charge in [0.1, 0.15) is 11.5 Å². The van der Waals surface area contributed by atoms with Crippen molar-refractivity contribution >= 4 is 11.9 Å². The van der Waals surface area contributed by atoms with Crippen LogP contribution in [0.3, 0.4) is 0 Å². The maximum absolute atomic E-state index is 12.3. The van der Waals surface area contributed by atoms with E-state index in [-0.39, 0.29) is 18.2 Å². The zero-order valence-corrected chi connectivity index (χ0v) is 13.2. The van der Waals surface area contributed by atoms with Gasteiger partial charge < -0.3 is 24.6 Å². The number of benzene rings is 1. The number of carboxylic acid groups (broad SMARTS) is 1. The lowest BCUT2D eigenvalue weighted by Gasteiger charge is -2.22. The Morgan fingerprint density at radius 2 is 2.17 bits per heavy atom. The first-order valence-electron chi connectivity index (χ1n) is 7.37. The van der Waals surface area contributed by atoms with Gasteiger partial charge in [-0.05, 0) is 18.6 Å². The predicted octanol–water partition coefficient (Wildman–Crippen LogP) is 1.37. The van der Waals surface area contributed by atoms with Crippen molar-refractivity contribution in [3.63, 3.8) is 0 Å². The fourth-order valence-corrected chi connectivity index (χ4v) is 2.55. The summed E-state index contributed by atoms with van der Waals surface area (Å²) in [4.78, 5) is 23.5. The molecule has 2 N–H and O–H groups in total. The number of ether oxygens (including phenoxy) is 3. The summed E-state index contributed by atoms with van der Waals surface area (Å²) in [6, 6.07) is 4.39. The van der Waals surface area contributed by atoms with E-state index in [9.17, 15) is 9.59 Å². The molecule has 2 rings (SSSR count). The Hall–Kier alpha value is -2.28. The number of hydrogen-bond acceptors (Lipinski definition) is 5. The lowest BCUT2D eigenvalue weighted by Crippen LogP contribution is -2.35. The molecule has 2 atom stereocenters. The summed E-state index contributed by atoms with van der Waals surface area (Å²) in [7, 11) is 3.02. The van der Waals surface area contributed by atoms with Crippen molar-refractivity contribution in [3.05, 3.63) is 23.8 Å². The van der Waals surface area contributed by atoms with E-state index < -0.39 is 12.0 Å². The van der Waals surface area contributed by atoms with Crippen molar-refractivity contribution < 1.29 is 28.9 Å². The van der Waals surface area contributed by atoms with Crippen LogP contribution in [-0.4, -0.2) is 44.4 Å². The Morgan fingerprint density at radius 1 is 1.39 bits per heavy atom. The van der Waals surface area contributed by atoms with Gasteiger partial charge in [0.05, 0.1) is 39.2 Å². The molecule has 1 saturated heterocycles. The Bertz CT molecular complexity index is 568. The van der Waals surface area contributed by atoms with E-state index in [0.717, 1.165) is 0 Å². The maximum Gasteiger partial charge on any atom is 0.305 e. The van der Waals surface area contributed by atoms with E-state index in [4.69, 9.17) is 19.3 Å². The fraction of sp³-hybridized carbons (Fsp3) is 0.500. The SMILES string of the molecule is COc1ccc(C(CC(=O)O)NC(=O)C2CCOC2)c(OC)c1. The molecule has 1 aliphatic heterocycles. The Balaban J connectivity index is 2.23. The number of aliphatic carboxylic acids is 1. The minimum atomic E-state index is -1.00. The standard InChI is InChI=1S/C16H21NO6/c1-21-11-3-4-12(14(7-11)22-2)13(8-15(18)19)17-16(20)10-5-6-23-9-10/h3-4,7,10,13H,5-6,8-9H2,1-2H3,(H,17,20)(H,18,19). The second kappa shape index (κ2) is 7.82. The number of hydrogen-bond donors (Lipinski definition) is 2. The van der Waals surface area contributed by atoms with Gasteiger partial charge in [-0.1, -0.05) is 0 Å². The van der Waals surface area contributed by atoms with Gasteiger partial charge in [0.2, 0.25) is 5.91 Å². The summed E-state index contributed by atoms with van der Waals surface area (Å²) in [5.41, 5.74) is 0.600. The van der Waals surface area contributed by atoms with Gasteiger partial charge in [0.15, 0.2) is 0 Å². The molecule has 0 spiro atoms. The fourth-order valence-electron chi connectivity index (χ4n) is 2.55. The smallest absolute Gasteiger partial charge is 0.305 e. The molecule has 0 bridgehead atoms.